The number of methoxy groups -OCH3 is 1. The molecule has 0 radical (unpaired) electrons. The van der Waals surface area contributed by atoms with Crippen LogP contribution in [0, 0.1) is 0 Å². The Bertz CT molecular complexity index is 538. The van der Waals surface area contributed by atoms with Gasteiger partial charge in [-0.3, -0.25) is 4.79 Å². The lowest BCUT2D eigenvalue weighted by Crippen LogP contribution is -2.45. The molecule has 0 spiro atoms. The van der Waals surface area contributed by atoms with Crippen LogP contribution < -0.4 is 5.32 Å². The topological polar surface area (TPSA) is 90.9 Å². The van der Waals surface area contributed by atoms with Crippen LogP contribution in [0.3, 0.4) is 0 Å². The molecule has 0 bridgehead atoms. The van der Waals surface area contributed by atoms with Crippen LogP contribution in [0.15, 0.2) is 0 Å². The predicted octanol–water partition coefficient (Wildman–Crippen LogP) is 4.33. The first-order valence-electron chi connectivity index (χ1n) is 9.14. The molecule has 0 aromatic rings. The molecule has 1 atom stereocenters. The highest BCUT2D eigenvalue weighted by Gasteiger charge is 2.28. The van der Waals surface area contributed by atoms with E-state index >= 15 is 0 Å². The number of ether oxygens (including phenoxy) is 3. The number of nitrogens with one attached hydrogen (secondary N) is 1. The summed E-state index contributed by atoms with van der Waals surface area (Å²) in [5, 5.41) is 2.54. The maximum atomic E-state index is 11.9. The van der Waals surface area contributed by atoms with Crippen LogP contribution in [0.1, 0.15) is 68.2 Å². The molecule has 0 unspecified atom stereocenters. The Kier molecular flexibility index (Phi) is 10.8. The molecule has 7 nitrogen and oxygen atoms in total. The first kappa shape index (κ1) is 26.9. The summed E-state index contributed by atoms with van der Waals surface area (Å²) in [7, 11) is 4.25. The Labute approximate surface area is 176 Å². The summed E-state index contributed by atoms with van der Waals surface area (Å²) < 4.78 is 15.1. The van der Waals surface area contributed by atoms with Gasteiger partial charge in [0.2, 0.25) is 0 Å². The van der Waals surface area contributed by atoms with Crippen LogP contribution in [0.2, 0.25) is 0 Å². The number of carbonyl (C=O) groups is 3. The van der Waals surface area contributed by atoms with E-state index in [0.717, 1.165) is 0 Å². The van der Waals surface area contributed by atoms with Gasteiger partial charge < -0.3 is 19.5 Å². The molecular weight excluding hydrogens is 402 g/mol. The summed E-state index contributed by atoms with van der Waals surface area (Å²) in [6, 6.07) is -0.820. The molecular formula is C19H35NO6S2. The monoisotopic (exact) mass is 437 g/mol. The second-order valence-corrected chi connectivity index (χ2v) is 12.0. The van der Waals surface area contributed by atoms with Crippen molar-refractivity contribution in [3.8, 4) is 0 Å². The van der Waals surface area contributed by atoms with Crippen molar-refractivity contribution in [1.29, 1.82) is 0 Å². The summed E-state index contributed by atoms with van der Waals surface area (Å²) in [4.78, 5) is 35.8. The molecule has 0 aromatic carbocycles. The Morgan fingerprint density at radius 1 is 0.929 bits per heavy atom. The van der Waals surface area contributed by atoms with Gasteiger partial charge in [0.05, 0.1) is 7.11 Å². The number of esters is 2. The lowest BCUT2D eigenvalue weighted by Gasteiger charge is -2.26. The number of alkyl carbamates (subject to hydrolysis) is 1. The van der Waals surface area contributed by atoms with E-state index in [0.29, 0.717) is 18.6 Å². The van der Waals surface area contributed by atoms with Gasteiger partial charge in [-0.25, -0.2) is 9.59 Å². The Morgan fingerprint density at radius 3 is 1.93 bits per heavy atom. The number of hydrogen-bond acceptors (Lipinski definition) is 8. The molecule has 1 N–H and O–H groups in total. The van der Waals surface area contributed by atoms with Crippen LogP contribution in [0.4, 0.5) is 4.79 Å². The minimum absolute atomic E-state index is 0.214. The zero-order valence-electron chi connectivity index (χ0n) is 18.5. The van der Waals surface area contributed by atoms with Crippen molar-refractivity contribution in [2.45, 2.75) is 90.2 Å². The van der Waals surface area contributed by atoms with Crippen LogP contribution in [0.5, 0.6) is 0 Å². The van der Waals surface area contributed by atoms with Gasteiger partial charge in [0.1, 0.15) is 17.2 Å². The third-order valence-electron chi connectivity index (χ3n) is 3.05. The summed E-state index contributed by atoms with van der Waals surface area (Å²) >= 11 is 0. The van der Waals surface area contributed by atoms with E-state index in [-0.39, 0.29) is 10.7 Å². The zero-order chi connectivity index (χ0) is 22.2. The predicted molar refractivity (Wildman–Crippen MR) is 114 cm³/mol. The minimum atomic E-state index is -0.820. The van der Waals surface area contributed by atoms with E-state index in [1.54, 1.807) is 31.6 Å². The highest BCUT2D eigenvalue weighted by atomic mass is 33.1. The molecule has 0 aromatic heterocycles. The standard InChI is InChI=1S/C19H35NO6S2/c1-17(2,3)25-14(21)10-11-19(7,8)28-27-12-13(15(22)24-9)20-16(23)26-18(4,5)6/h13H,10-12H2,1-9H3,(H,20,23)/t13-/m0/s1. The average Bonchev–Trinajstić information content (AvgIpc) is 2.47. The molecule has 164 valence electrons. The summed E-state index contributed by atoms with van der Waals surface area (Å²) in [5.41, 5.74) is -1.15. The maximum Gasteiger partial charge on any atom is 0.408 e. The fourth-order valence-electron chi connectivity index (χ4n) is 1.86. The molecule has 0 fully saturated rings. The summed E-state index contributed by atoms with van der Waals surface area (Å²) in [5.74, 6) is -0.456. The van der Waals surface area contributed by atoms with Gasteiger partial charge in [-0.2, -0.15) is 0 Å². The van der Waals surface area contributed by atoms with E-state index in [1.165, 1.54) is 17.9 Å². The van der Waals surface area contributed by atoms with Gasteiger partial charge in [0.25, 0.3) is 0 Å². The van der Waals surface area contributed by atoms with Crippen molar-refractivity contribution in [3.63, 3.8) is 0 Å². The van der Waals surface area contributed by atoms with Crippen molar-refractivity contribution < 1.29 is 28.6 Å². The van der Waals surface area contributed by atoms with Crippen molar-refractivity contribution in [3.05, 3.63) is 0 Å². The van der Waals surface area contributed by atoms with Gasteiger partial charge in [-0.1, -0.05) is 21.6 Å². The second-order valence-electron chi connectivity index (χ2n) is 8.94. The van der Waals surface area contributed by atoms with E-state index in [4.69, 9.17) is 14.2 Å². The van der Waals surface area contributed by atoms with E-state index < -0.39 is 29.3 Å². The molecule has 0 saturated heterocycles. The van der Waals surface area contributed by atoms with E-state index in [9.17, 15) is 14.4 Å². The van der Waals surface area contributed by atoms with E-state index in [1.807, 2.05) is 34.6 Å². The smallest absolute Gasteiger partial charge is 0.408 e. The average molecular weight is 438 g/mol. The number of carbonyl (C=O) groups excluding carboxylic acids is 3. The molecule has 28 heavy (non-hydrogen) atoms. The Morgan fingerprint density at radius 2 is 1.46 bits per heavy atom. The Hall–Kier alpha value is -1.09. The summed E-state index contributed by atoms with van der Waals surface area (Å²) in [6.45, 7) is 14.8. The first-order chi connectivity index (χ1) is 12.5. The van der Waals surface area contributed by atoms with Gasteiger partial charge in [0, 0.05) is 16.9 Å². The Balaban J connectivity index is 4.55. The third-order valence-corrected chi connectivity index (χ3v) is 6.41. The normalized spacial score (nSPS) is 13.5. The van der Waals surface area contributed by atoms with Crippen LogP contribution in [-0.4, -0.2) is 52.9 Å². The largest absolute Gasteiger partial charge is 0.467 e. The minimum Gasteiger partial charge on any atom is -0.467 e. The molecule has 0 aliphatic rings. The lowest BCUT2D eigenvalue weighted by molar-refractivity contribution is -0.155. The second kappa shape index (κ2) is 11.2. The van der Waals surface area contributed by atoms with Crippen molar-refractivity contribution in [2.75, 3.05) is 12.9 Å². The molecule has 9 heteroatoms. The van der Waals surface area contributed by atoms with E-state index in [2.05, 4.69) is 5.32 Å². The number of amides is 1. The molecule has 0 saturated carbocycles. The molecule has 0 rings (SSSR count). The van der Waals surface area contributed by atoms with Gasteiger partial charge >= 0.3 is 18.0 Å². The van der Waals surface area contributed by atoms with Crippen LogP contribution in [-0.2, 0) is 23.8 Å². The zero-order valence-corrected chi connectivity index (χ0v) is 20.1. The number of rotatable bonds is 9. The lowest BCUT2D eigenvalue weighted by atomic mass is 10.1. The molecule has 1 amide bonds. The molecule has 0 aliphatic carbocycles. The van der Waals surface area contributed by atoms with Gasteiger partial charge in [-0.15, -0.1) is 0 Å². The first-order valence-corrected chi connectivity index (χ1v) is 11.5. The highest BCUT2D eigenvalue weighted by molar-refractivity contribution is 8.77. The fraction of sp³-hybridized carbons (Fsp3) is 0.842. The van der Waals surface area contributed by atoms with Crippen molar-refractivity contribution in [2.24, 2.45) is 0 Å². The fourth-order valence-corrected chi connectivity index (χ4v) is 4.61. The summed E-state index contributed by atoms with van der Waals surface area (Å²) in [6.07, 6.45) is 0.272. The van der Waals surface area contributed by atoms with Crippen LogP contribution >= 0.6 is 21.6 Å². The maximum absolute atomic E-state index is 11.9. The van der Waals surface area contributed by atoms with Crippen LogP contribution in [0.25, 0.3) is 0 Å². The van der Waals surface area contributed by atoms with Gasteiger partial charge in [-0.05, 0) is 61.8 Å². The quantitative estimate of drug-likeness (QED) is 0.324. The van der Waals surface area contributed by atoms with Crippen molar-refractivity contribution in [1.82, 2.24) is 5.32 Å². The number of hydrogen-bond donors (Lipinski definition) is 1. The SMILES string of the molecule is COC(=O)[C@H](CSSC(C)(C)CCC(=O)OC(C)(C)C)NC(=O)OC(C)(C)C. The van der Waals surface area contributed by atoms with Gasteiger partial charge in [0.15, 0.2) is 0 Å². The highest BCUT2D eigenvalue weighted by Crippen LogP contribution is 2.39. The van der Waals surface area contributed by atoms with Crippen molar-refractivity contribution >= 4 is 39.6 Å². The molecule has 0 aliphatic heterocycles. The molecule has 0 heterocycles. The third kappa shape index (κ3) is 14.0.